The van der Waals surface area contributed by atoms with E-state index >= 15 is 0 Å². The van der Waals surface area contributed by atoms with Crippen molar-refractivity contribution in [2.45, 2.75) is 26.2 Å². The minimum atomic E-state index is -4.45. The molecule has 0 aliphatic carbocycles. The van der Waals surface area contributed by atoms with Crippen molar-refractivity contribution in [2.24, 2.45) is 0 Å². The van der Waals surface area contributed by atoms with E-state index in [0.29, 0.717) is 49.4 Å². The summed E-state index contributed by atoms with van der Waals surface area (Å²) in [5.41, 5.74) is 2.22. The first kappa shape index (κ1) is 44.6. The van der Waals surface area contributed by atoms with E-state index in [-0.39, 0.29) is 38.1 Å². The summed E-state index contributed by atoms with van der Waals surface area (Å²) in [6.07, 6.45) is -3.94. The van der Waals surface area contributed by atoms with Gasteiger partial charge in [-0.1, -0.05) is 23.2 Å². The highest BCUT2D eigenvalue weighted by atomic mass is 79.9. The number of alkyl halides is 4. The van der Waals surface area contributed by atoms with Crippen LogP contribution in [0, 0.1) is 13.8 Å². The number of aryl methyl sites for hydroxylation is 2. The first-order valence-electron chi connectivity index (χ1n) is 17.1. The standard InChI is InChI=1S/C20H15Br2N3O5.C18H11Cl2F4N3O4/c1-9-18(23-10(2)29-9)20-24-15-4-3-11(7-16(15)25-20)30-19-13(21)5-12(6-14(19)22)28-8-17(26)27;19-9-3-7(15(30)25-6-13(28)29)4-10(20)14(9)31-8-1-2-11-12(5-8)27-17(26-11)18(23,24)16(21)22/h3-7H,8H2,1-2H3,(H,24,25)(H,26,27);1-5,16H,6H2,(H,25,30)(H,26,27)(H,28,29). The molecule has 318 valence electrons. The zero-order valence-electron chi connectivity index (χ0n) is 30.9. The second-order valence-electron chi connectivity index (χ2n) is 12.5. The quantitative estimate of drug-likeness (QED) is 0.0683. The molecule has 0 radical (unpaired) electrons. The van der Waals surface area contributed by atoms with Crippen LogP contribution in [-0.4, -0.2) is 72.6 Å². The maximum absolute atomic E-state index is 13.5. The number of hydrogen-bond acceptors (Lipinski definition) is 10. The van der Waals surface area contributed by atoms with Gasteiger partial charge >= 0.3 is 24.3 Å². The smallest absolute Gasteiger partial charge is 0.363 e. The van der Waals surface area contributed by atoms with Gasteiger partial charge in [-0.2, -0.15) is 8.78 Å². The number of hydrogen-bond donors (Lipinski definition) is 5. The lowest BCUT2D eigenvalue weighted by atomic mass is 10.2. The highest BCUT2D eigenvalue weighted by molar-refractivity contribution is 9.11. The molecule has 7 aromatic rings. The van der Waals surface area contributed by atoms with Gasteiger partial charge < -0.3 is 44.1 Å². The van der Waals surface area contributed by atoms with Crippen LogP contribution in [0.25, 0.3) is 33.6 Å². The fraction of sp³-hybridized carbons (Fsp3) is 0.158. The number of halogens is 8. The number of carboxylic acid groups (broad SMARTS) is 2. The Labute approximate surface area is 366 Å². The number of imidazole rings is 2. The first-order valence-corrected chi connectivity index (χ1v) is 19.4. The molecule has 15 nitrogen and oxygen atoms in total. The number of benzene rings is 4. The van der Waals surface area contributed by atoms with Crippen LogP contribution < -0.4 is 19.5 Å². The van der Waals surface area contributed by atoms with Gasteiger partial charge in [-0.3, -0.25) is 9.59 Å². The predicted molar refractivity (Wildman–Crippen MR) is 219 cm³/mol. The third-order valence-electron chi connectivity index (χ3n) is 8.06. The Balaban J connectivity index is 0.000000204. The van der Waals surface area contributed by atoms with E-state index in [0.717, 1.165) is 11.0 Å². The molecule has 0 aliphatic rings. The van der Waals surface area contributed by atoms with Crippen molar-refractivity contribution in [1.82, 2.24) is 30.2 Å². The topological polar surface area (TPSA) is 215 Å². The van der Waals surface area contributed by atoms with Crippen LogP contribution in [0.1, 0.15) is 27.8 Å². The van der Waals surface area contributed by atoms with Gasteiger partial charge in [0.1, 0.15) is 35.2 Å². The van der Waals surface area contributed by atoms with Crippen LogP contribution >= 0.6 is 55.1 Å². The third-order valence-corrected chi connectivity index (χ3v) is 9.80. The molecule has 0 fully saturated rings. The summed E-state index contributed by atoms with van der Waals surface area (Å²) in [6.45, 7) is 2.60. The van der Waals surface area contributed by atoms with Crippen LogP contribution in [-0.2, 0) is 15.5 Å². The summed E-state index contributed by atoms with van der Waals surface area (Å²) in [4.78, 5) is 50.9. The monoisotopic (exact) mass is 1010 g/mol. The third kappa shape index (κ3) is 10.5. The number of carboxylic acids is 2. The van der Waals surface area contributed by atoms with Crippen LogP contribution in [0.5, 0.6) is 28.7 Å². The Morgan fingerprint density at radius 2 is 1.39 bits per heavy atom. The van der Waals surface area contributed by atoms with Crippen molar-refractivity contribution in [3.05, 3.63) is 103 Å². The van der Waals surface area contributed by atoms with Crippen LogP contribution in [0.15, 0.2) is 74.0 Å². The summed E-state index contributed by atoms with van der Waals surface area (Å²) in [7, 11) is 0. The van der Waals surface area contributed by atoms with Crippen molar-refractivity contribution in [3.63, 3.8) is 0 Å². The van der Waals surface area contributed by atoms with Gasteiger partial charge in [-0.25, -0.2) is 28.5 Å². The van der Waals surface area contributed by atoms with Crippen molar-refractivity contribution in [2.75, 3.05) is 13.2 Å². The SMILES string of the molecule is Cc1nc(-c2nc3ccc(Oc4c(Br)cc(OCC(=O)O)cc4Br)cc3[nH]2)c(C)o1.O=C(O)CNC(=O)c1cc(Cl)c(Oc2ccc3nc(C(F)(F)C(F)F)[nH]c3c2)c(Cl)c1. The normalized spacial score (nSPS) is 11.4. The number of amides is 1. The van der Waals surface area contributed by atoms with Gasteiger partial charge in [0.05, 0.1) is 41.1 Å². The molecule has 61 heavy (non-hydrogen) atoms. The highest BCUT2D eigenvalue weighted by Gasteiger charge is 2.45. The molecule has 1 amide bonds. The minimum absolute atomic E-state index is 0.00439. The summed E-state index contributed by atoms with van der Waals surface area (Å²) >= 11 is 19.1. The average Bonchev–Trinajstić information content (AvgIpc) is 3.91. The van der Waals surface area contributed by atoms with Crippen molar-refractivity contribution >= 4 is 95.0 Å². The van der Waals surface area contributed by atoms with Crippen molar-refractivity contribution in [1.29, 1.82) is 0 Å². The molecular weight excluding hydrogens is 991 g/mol. The lowest BCUT2D eigenvalue weighted by Crippen LogP contribution is -2.29. The number of aromatic nitrogens is 5. The summed E-state index contributed by atoms with van der Waals surface area (Å²) in [6, 6.07) is 15.0. The summed E-state index contributed by atoms with van der Waals surface area (Å²) < 4.78 is 75.6. The number of aliphatic carboxylic acids is 2. The molecule has 23 heteroatoms. The van der Waals surface area contributed by atoms with E-state index in [9.17, 15) is 31.9 Å². The number of H-pyrrole nitrogens is 2. The zero-order chi connectivity index (χ0) is 44.3. The van der Waals surface area contributed by atoms with Crippen molar-refractivity contribution in [3.8, 4) is 40.3 Å². The fourth-order valence-electron chi connectivity index (χ4n) is 5.37. The Bertz CT molecular complexity index is 2770. The van der Waals surface area contributed by atoms with E-state index in [1.54, 1.807) is 19.1 Å². The van der Waals surface area contributed by atoms with E-state index in [1.807, 2.05) is 25.1 Å². The summed E-state index contributed by atoms with van der Waals surface area (Å²) in [5.74, 6) is -5.26. The fourth-order valence-corrected chi connectivity index (χ4v) is 7.24. The minimum Gasteiger partial charge on any atom is -0.482 e. The Hall–Kier alpha value is -5.90. The number of oxazole rings is 1. The first-order chi connectivity index (χ1) is 28.8. The molecule has 0 spiro atoms. The molecule has 0 aliphatic heterocycles. The highest BCUT2D eigenvalue weighted by Crippen LogP contribution is 2.41. The number of aromatic amines is 2. The van der Waals surface area contributed by atoms with Gasteiger partial charge in [-0.15, -0.1) is 0 Å². The molecule has 0 saturated carbocycles. The molecule has 0 atom stereocenters. The van der Waals surface area contributed by atoms with Gasteiger partial charge in [-0.05, 0) is 87.3 Å². The van der Waals surface area contributed by atoms with E-state index < -0.39 is 49.2 Å². The number of rotatable bonds is 13. The van der Waals surface area contributed by atoms with Crippen LogP contribution in [0.2, 0.25) is 10.0 Å². The molecule has 4 aromatic carbocycles. The van der Waals surface area contributed by atoms with Gasteiger partial charge in [0, 0.05) is 24.6 Å². The van der Waals surface area contributed by atoms with Gasteiger partial charge in [0.2, 0.25) is 0 Å². The number of fused-ring (bicyclic) bond motifs is 2. The largest absolute Gasteiger partial charge is 0.482 e. The molecule has 3 aromatic heterocycles. The number of carbonyl (C=O) groups is 3. The second-order valence-corrected chi connectivity index (χ2v) is 15.1. The van der Waals surface area contributed by atoms with Crippen molar-refractivity contribution < 1.29 is 60.8 Å². The van der Waals surface area contributed by atoms with Gasteiger partial charge in [0.25, 0.3) is 5.91 Å². The maximum Gasteiger partial charge on any atom is 0.363 e. The molecule has 0 unspecified atom stereocenters. The predicted octanol–water partition coefficient (Wildman–Crippen LogP) is 10.4. The van der Waals surface area contributed by atoms with Crippen LogP contribution in [0.3, 0.4) is 0 Å². The molecular formula is C38H26Br2Cl2F4N6O9. The van der Waals surface area contributed by atoms with E-state index in [2.05, 4.69) is 62.1 Å². The van der Waals surface area contributed by atoms with E-state index in [1.165, 1.54) is 30.3 Å². The number of carbonyl (C=O) groups excluding carboxylic acids is 1. The average molecular weight is 1020 g/mol. The second kappa shape index (κ2) is 18.4. The summed E-state index contributed by atoms with van der Waals surface area (Å²) in [5, 5.41) is 19.3. The Morgan fingerprint density at radius 3 is 1.93 bits per heavy atom. The number of nitrogens with one attached hydrogen (secondary N) is 3. The van der Waals surface area contributed by atoms with E-state index in [4.69, 9.17) is 52.0 Å². The Kier molecular flexibility index (Phi) is 13.5. The number of ether oxygens (including phenoxy) is 3. The number of nitrogens with zero attached hydrogens (tertiary/aromatic N) is 3. The zero-order valence-corrected chi connectivity index (χ0v) is 35.6. The van der Waals surface area contributed by atoms with Gasteiger partial charge in [0.15, 0.2) is 35.6 Å². The lowest BCUT2D eigenvalue weighted by Gasteiger charge is -2.12. The maximum atomic E-state index is 13.5. The lowest BCUT2D eigenvalue weighted by molar-refractivity contribution is -0.140. The molecule has 0 bridgehead atoms. The molecule has 3 heterocycles. The molecule has 7 rings (SSSR count). The Morgan fingerprint density at radius 1 is 0.820 bits per heavy atom. The molecule has 0 saturated heterocycles. The van der Waals surface area contributed by atoms with Crippen LogP contribution in [0.4, 0.5) is 17.6 Å². The molecule has 5 N–H and O–H groups in total.